The average Bonchev–Trinajstić information content (AvgIpc) is 3.04. The maximum absolute atomic E-state index is 9.50. The molecule has 7 heteroatoms. The number of anilines is 1. The number of halogens is 2. The van der Waals surface area contributed by atoms with Crippen molar-refractivity contribution in [3.63, 3.8) is 0 Å². The normalized spacial score (nSPS) is 10.8. The van der Waals surface area contributed by atoms with E-state index < -0.39 is 0 Å². The van der Waals surface area contributed by atoms with E-state index >= 15 is 0 Å². The van der Waals surface area contributed by atoms with E-state index in [1.54, 1.807) is 12.1 Å². The number of nitrogens with one attached hydrogen (secondary N) is 1. The molecule has 3 aromatic rings. The highest BCUT2D eigenvalue weighted by molar-refractivity contribution is 7.98. The Kier molecular flexibility index (Phi) is 6.59. The molecule has 1 aromatic heterocycles. The number of thioether (sulfide) groups is 1. The lowest BCUT2D eigenvalue weighted by atomic mass is 10.2. The van der Waals surface area contributed by atoms with Gasteiger partial charge in [-0.3, -0.25) is 0 Å². The summed E-state index contributed by atoms with van der Waals surface area (Å²) in [5, 5.41) is 14.6. The van der Waals surface area contributed by atoms with Gasteiger partial charge in [-0.1, -0.05) is 59.2 Å². The van der Waals surface area contributed by atoms with Gasteiger partial charge in [0.1, 0.15) is 16.7 Å². The van der Waals surface area contributed by atoms with Crippen LogP contribution in [-0.2, 0) is 5.75 Å². The summed E-state index contributed by atoms with van der Waals surface area (Å²) in [5.74, 6) is 0.625. The smallest absolute Gasteiger partial charge is 0.129 e. The summed E-state index contributed by atoms with van der Waals surface area (Å²) in [4.78, 5) is 0.820. The van der Waals surface area contributed by atoms with E-state index in [4.69, 9.17) is 23.2 Å². The van der Waals surface area contributed by atoms with Crippen LogP contribution >= 0.6 is 46.5 Å². The van der Waals surface area contributed by atoms with Crippen molar-refractivity contribution in [3.05, 3.63) is 80.8 Å². The Morgan fingerprint density at radius 1 is 1.19 bits per heavy atom. The molecule has 3 rings (SSSR count). The molecule has 0 unspecified atom stereocenters. The molecule has 1 heterocycles. The van der Waals surface area contributed by atoms with Crippen LogP contribution < -0.4 is 5.32 Å². The average molecular weight is 418 g/mol. The van der Waals surface area contributed by atoms with Gasteiger partial charge in [-0.2, -0.15) is 9.64 Å². The van der Waals surface area contributed by atoms with Crippen LogP contribution in [0.5, 0.6) is 0 Å². The molecular formula is C19H13Cl2N3S2. The Balaban J connectivity index is 1.69. The summed E-state index contributed by atoms with van der Waals surface area (Å²) in [6, 6.07) is 17.5. The van der Waals surface area contributed by atoms with Crippen molar-refractivity contribution in [3.8, 4) is 6.07 Å². The Labute approximate surface area is 170 Å². The van der Waals surface area contributed by atoms with Gasteiger partial charge in [0.15, 0.2) is 0 Å². The van der Waals surface area contributed by atoms with E-state index in [0.717, 1.165) is 16.1 Å². The minimum absolute atomic E-state index is 0.580. The van der Waals surface area contributed by atoms with Gasteiger partial charge in [-0.05, 0) is 47.4 Å². The first-order chi connectivity index (χ1) is 12.7. The van der Waals surface area contributed by atoms with Crippen LogP contribution in [0.15, 0.2) is 59.8 Å². The highest BCUT2D eigenvalue weighted by Crippen LogP contribution is 2.32. The number of para-hydroxylation sites is 1. The molecule has 1 N–H and O–H groups in total. The second-order valence-electron chi connectivity index (χ2n) is 5.21. The summed E-state index contributed by atoms with van der Waals surface area (Å²) in [6.07, 6.45) is 3.68. The first-order valence-corrected chi connectivity index (χ1v) is 10.1. The number of hydrogen-bond acceptors (Lipinski definition) is 5. The molecule has 130 valence electrons. The number of benzene rings is 2. The summed E-state index contributed by atoms with van der Waals surface area (Å²) in [5.41, 5.74) is 2.52. The third-order valence-corrected chi connectivity index (χ3v) is 5.97. The monoisotopic (exact) mass is 417 g/mol. The standard InChI is InChI=1S/C19H13Cl2N3S2/c20-14-7-6-13(17(21)10-14)12-25-19-16(11-22)18(26-24-19)8-9-23-15-4-2-1-3-5-15/h1-10,23H,12H2. The van der Waals surface area contributed by atoms with Crippen molar-refractivity contribution in [2.45, 2.75) is 10.8 Å². The molecule has 0 bridgehead atoms. The Morgan fingerprint density at radius 3 is 2.73 bits per heavy atom. The van der Waals surface area contributed by atoms with E-state index in [0.29, 0.717) is 26.4 Å². The van der Waals surface area contributed by atoms with E-state index in [1.807, 2.05) is 48.7 Å². The van der Waals surface area contributed by atoms with Crippen LogP contribution in [0, 0.1) is 11.3 Å². The molecule has 26 heavy (non-hydrogen) atoms. The number of nitrogens with zero attached hydrogens (tertiary/aromatic N) is 2. The summed E-state index contributed by atoms with van der Waals surface area (Å²) < 4.78 is 4.41. The number of rotatable bonds is 6. The van der Waals surface area contributed by atoms with Crippen molar-refractivity contribution in [2.24, 2.45) is 0 Å². The minimum Gasteiger partial charge on any atom is -0.362 e. The Bertz CT molecular complexity index is 963. The van der Waals surface area contributed by atoms with Crippen molar-refractivity contribution in [1.82, 2.24) is 4.37 Å². The predicted octanol–water partition coefficient (Wildman–Crippen LogP) is 6.70. The lowest BCUT2D eigenvalue weighted by Crippen LogP contribution is -1.86. The van der Waals surface area contributed by atoms with Gasteiger partial charge in [-0.15, -0.1) is 0 Å². The molecule has 2 aromatic carbocycles. The fourth-order valence-electron chi connectivity index (χ4n) is 2.14. The molecule has 0 atom stereocenters. The first kappa shape index (κ1) is 18.8. The van der Waals surface area contributed by atoms with E-state index in [9.17, 15) is 5.26 Å². The van der Waals surface area contributed by atoms with Gasteiger partial charge < -0.3 is 5.32 Å². The highest BCUT2D eigenvalue weighted by atomic mass is 35.5. The Morgan fingerprint density at radius 2 is 2.00 bits per heavy atom. The van der Waals surface area contributed by atoms with Crippen LogP contribution in [0.1, 0.15) is 16.0 Å². The summed E-state index contributed by atoms with van der Waals surface area (Å²) in [6.45, 7) is 0. The zero-order valence-electron chi connectivity index (χ0n) is 13.4. The topological polar surface area (TPSA) is 48.7 Å². The van der Waals surface area contributed by atoms with Crippen molar-refractivity contribution >= 4 is 58.3 Å². The van der Waals surface area contributed by atoms with E-state index in [2.05, 4.69) is 15.8 Å². The molecule has 0 saturated carbocycles. The first-order valence-electron chi connectivity index (χ1n) is 7.62. The zero-order valence-corrected chi connectivity index (χ0v) is 16.6. The van der Waals surface area contributed by atoms with E-state index in [1.165, 1.54) is 23.3 Å². The predicted molar refractivity (Wildman–Crippen MR) is 112 cm³/mol. The zero-order chi connectivity index (χ0) is 18.4. The SMILES string of the molecule is N#Cc1c(SCc2ccc(Cl)cc2Cl)nsc1C=CNc1ccccc1. The molecule has 3 nitrogen and oxygen atoms in total. The van der Waals surface area contributed by atoms with Gasteiger partial charge in [0.25, 0.3) is 0 Å². The summed E-state index contributed by atoms with van der Waals surface area (Å²) >= 11 is 14.9. The fraction of sp³-hybridized carbons (Fsp3) is 0.0526. The second-order valence-corrected chi connectivity index (χ2v) is 7.82. The third-order valence-electron chi connectivity index (χ3n) is 3.44. The van der Waals surface area contributed by atoms with Crippen LogP contribution in [0.3, 0.4) is 0 Å². The lowest BCUT2D eigenvalue weighted by Gasteiger charge is -2.03. The largest absolute Gasteiger partial charge is 0.362 e. The minimum atomic E-state index is 0.580. The number of hydrogen-bond donors (Lipinski definition) is 1. The molecule has 0 aliphatic rings. The fourth-order valence-corrected chi connectivity index (χ4v) is 4.56. The van der Waals surface area contributed by atoms with Crippen LogP contribution in [0.2, 0.25) is 10.0 Å². The second kappa shape index (κ2) is 9.11. The van der Waals surface area contributed by atoms with Crippen molar-refractivity contribution < 1.29 is 0 Å². The van der Waals surface area contributed by atoms with Crippen LogP contribution in [-0.4, -0.2) is 4.37 Å². The van der Waals surface area contributed by atoms with Gasteiger partial charge in [0.05, 0.1) is 4.88 Å². The lowest BCUT2D eigenvalue weighted by molar-refractivity contribution is 1.24. The number of aromatic nitrogens is 1. The quantitative estimate of drug-likeness (QED) is 0.453. The maximum Gasteiger partial charge on any atom is 0.129 e. The molecule has 0 amide bonds. The molecular weight excluding hydrogens is 405 g/mol. The maximum atomic E-state index is 9.50. The van der Waals surface area contributed by atoms with Gasteiger partial charge in [0.2, 0.25) is 0 Å². The summed E-state index contributed by atoms with van der Waals surface area (Å²) in [7, 11) is 0. The molecule has 0 radical (unpaired) electrons. The van der Waals surface area contributed by atoms with Gasteiger partial charge in [0, 0.05) is 27.7 Å². The molecule has 0 aliphatic heterocycles. The highest BCUT2D eigenvalue weighted by Gasteiger charge is 2.13. The van der Waals surface area contributed by atoms with Crippen molar-refractivity contribution in [1.29, 1.82) is 5.26 Å². The van der Waals surface area contributed by atoms with E-state index in [-0.39, 0.29) is 0 Å². The molecule has 0 spiro atoms. The van der Waals surface area contributed by atoms with Gasteiger partial charge in [-0.25, -0.2) is 0 Å². The molecule has 0 aliphatic carbocycles. The molecule has 0 fully saturated rings. The van der Waals surface area contributed by atoms with Crippen LogP contribution in [0.25, 0.3) is 6.08 Å². The third kappa shape index (κ3) is 4.80. The Hall–Kier alpha value is -1.97. The number of nitriles is 1. The van der Waals surface area contributed by atoms with Gasteiger partial charge >= 0.3 is 0 Å². The molecule has 0 saturated heterocycles. The van der Waals surface area contributed by atoms with Crippen LogP contribution in [0.4, 0.5) is 5.69 Å². The van der Waals surface area contributed by atoms with Crippen molar-refractivity contribution in [2.75, 3.05) is 5.32 Å².